The number of carbonyl (C=O) groups is 2. The molecular formula is C18H15N3O4. The van der Waals surface area contributed by atoms with E-state index in [1.807, 2.05) is 0 Å². The summed E-state index contributed by atoms with van der Waals surface area (Å²) in [5.41, 5.74) is 0.890. The predicted octanol–water partition coefficient (Wildman–Crippen LogP) is 3.25. The van der Waals surface area contributed by atoms with Crippen molar-refractivity contribution in [3.05, 3.63) is 54.5 Å². The number of fused-ring (bicyclic) bond motifs is 1. The Hall–Kier alpha value is -3.35. The Kier molecular flexibility index (Phi) is 3.61. The first-order chi connectivity index (χ1) is 12.1. The minimum atomic E-state index is -1.04. The van der Waals surface area contributed by atoms with Crippen LogP contribution in [-0.2, 0) is 0 Å². The first-order valence-corrected chi connectivity index (χ1v) is 7.89. The lowest BCUT2D eigenvalue weighted by atomic mass is 10.2. The number of benzene rings is 1. The lowest BCUT2D eigenvalue weighted by Gasteiger charge is -2.08. The number of carbonyl (C=O) groups excluding carboxylic acids is 1. The normalized spacial score (nSPS) is 13.6. The molecule has 2 heterocycles. The van der Waals surface area contributed by atoms with Gasteiger partial charge in [0, 0.05) is 29.9 Å². The van der Waals surface area contributed by atoms with E-state index in [4.69, 9.17) is 9.84 Å². The van der Waals surface area contributed by atoms with Crippen LogP contribution in [0.5, 0.6) is 11.5 Å². The van der Waals surface area contributed by atoms with E-state index in [9.17, 15) is 9.59 Å². The zero-order valence-corrected chi connectivity index (χ0v) is 13.2. The molecule has 7 heteroatoms. The summed E-state index contributed by atoms with van der Waals surface area (Å²) in [6.45, 7) is 0. The first kappa shape index (κ1) is 15.2. The maximum Gasteiger partial charge on any atom is 0.415 e. The lowest BCUT2D eigenvalue weighted by molar-refractivity contribution is 0.0945. The maximum absolute atomic E-state index is 12.1. The molecule has 1 aromatic carbocycles. The van der Waals surface area contributed by atoms with Crippen molar-refractivity contribution in [1.82, 2.24) is 14.9 Å². The van der Waals surface area contributed by atoms with Gasteiger partial charge in [-0.15, -0.1) is 0 Å². The van der Waals surface area contributed by atoms with Crippen LogP contribution < -0.4 is 10.1 Å². The van der Waals surface area contributed by atoms with Gasteiger partial charge in [0.1, 0.15) is 17.2 Å². The summed E-state index contributed by atoms with van der Waals surface area (Å²) in [5.74, 6) is 0.838. The smallest absolute Gasteiger partial charge is 0.415 e. The zero-order valence-electron chi connectivity index (χ0n) is 13.2. The summed E-state index contributed by atoms with van der Waals surface area (Å²) in [6.07, 6.45) is 4.00. The Labute approximate surface area is 142 Å². The molecule has 2 aromatic heterocycles. The monoisotopic (exact) mass is 337 g/mol. The fourth-order valence-corrected chi connectivity index (χ4v) is 2.57. The number of aromatic nitrogens is 2. The molecule has 0 saturated heterocycles. The molecule has 7 nitrogen and oxygen atoms in total. The van der Waals surface area contributed by atoms with Crippen LogP contribution in [-0.4, -0.2) is 32.7 Å². The van der Waals surface area contributed by atoms with Crippen molar-refractivity contribution in [1.29, 1.82) is 0 Å². The van der Waals surface area contributed by atoms with E-state index in [1.165, 1.54) is 12.4 Å². The van der Waals surface area contributed by atoms with Gasteiger partial charge in [-0.2, -0.15) is 0 Å². The van der Waals surface area contributed by atoms with E-state index in [0.717, 1.165) is 22.8 Å². The van der Waals surface area contributed by atoms with Crippen molar-refractivity contribution in [3.63, 3.8) is 0 Å². The van der Waals surface area contributed by atoms with Crippen LogP contribution in [0.2, 0.25) is 0 Å². The number of pyridine rings is 1. The number of amides is 1. The van der Waals surface area contributed by atoms with Gasteiger partial charge in [0.2, 0.25) is 0 Å². The van der Waals surface area contributed by atoms with Gasteiger partial charge in [-0.25, -0.2) is 4.79 Å². The molecule has 1 amide bonds. The minimum Gasteiger partial charge on any atom is -0.464 e. The van der Waals surface area contributed by atoms with Gasteiger partial charge in [-0.1, -0.05) is 0 Å². The summed E-state index contributed by atoms with van der Waals surface area (Å²) in [5, 5.41) is 12.7. The first-order valence-electron chi connectivity index (χ1n) is 7.89. The molecule has 0 spiro atoms. The van der Waals surface area contributed by atoms with Crippen LogP contribution in [0.1, 0.15) is 23.3 Å². The quantitative estimate of drug-likeness (QED) is 0.762. The van der Waals surface area contributed by atoms with Crippen LogP contribution in [0.25, 0.3) is 10.9 Å². The predicted molar refractivity (Wildman–Crippen MR) is 90.2 cm³/mol. The number of ether oxygens (including phenoxy) is 1. The number of nitrogens with zero attached hydrogens (tertiary/aromatic N) is 2. The molecular weight excluding hydrogens is 322 g/mol. The number of nitrogens with one attached hydrogen (secondary N) is 1. The lowest BCUT2D eigenvalue weighted by Crippen LogP contribution is -2.26. The molecule has 25 heavy (non-hydrogen) atoms. The van der Waals surface area contributed by atoms with Crippen molar-refractivity contribution in [2.24, 2.45) is 0 Å². The molecule has 0 aliphatic heterocycles. The third kappa shape index (κ3) is 3.16. The molecule has 0 unspecified atom stereocenters. The van der Waals surface area contributed by atoms with Crippen LogP contribution in [0.15, 0.2) is 48.8 Å². The van der Waals surface area contributed by atoms with Crippen LogP contribution in [0.4, 0.5) is 4.79 Å². The van der Waals surface area contributed by atoms with E-state index < -0.39 is 6.09 Å². The summed E-state index contributed by atoms with van der Waals surface area (Å²) in [4.78, 5) is 27.2. The highest BCUT2D eigenvalue weighted by molar-refractivity contribution is 5.93. The van der Waals surface area contributed by atoms with Crippen LogP contribution in [0.3, 0.4) is 0 Å². The number of carboxylic acid groups (broad SMARTS) is 1. The highest BCUT2D eigenvalue weighted by atomic mass is 16.5. The molecule has 0 radical (unpaired) electrons. The second-order valence-corrected chi connectivity index (χ2v) is 5.92. The molecule has 3 aromatic rings. The molecule has 4 rings (SSSR count). The van der Waals surface area contributed by atoms with Crippen molar-refractivity contribution >= 4 is 22.9 Å². The van der Waals surface area contributed by atoms with E-state index in [-0.39, 0.29) is 11.9 Å². The van der Waals surface area contributed by atoms with Crippen LogP contribution >= 0.6 is 0 Å². The Morgan fingerprint density at radius 2 is 1.96 bits per heavy atom. The Morgan fingerprint density at radius 1 is 1.16 bits per heavy atom. The molecule has 1 aliphatic rings. The Bertz CT molecular complexity index is 975. The van der Waals surface area contributed by atoms with Crippen LogP contribution in [0, 0.1) is 0 Å². The fraction of sp³-hybridized carbons (Fsp3) is 0.167. The van der Waals surface area contributed by atoms with Gasteiger partial charge < -0.3 is 15.2 Å². The Balaban J connectivity index is 1.56. The fourth-order valence-electron chi connectivity index (χ4n) is 2.57. The standard InChI is InChI=1S/C18H15N3O4/c22-17(20-12-1-2-12)15-10-14(5-7-19-15)25-13-3-4-16-11(9-13)6-8-21(16)18(23)24/h3-10,12H,1-2H2,(H,20,22)(H,23,24). The number of hydrogen-bond donors (Lipinski definition) is 2. The summed E-state index contributed by atoms with van der Waals surface area (Å²) in [6, 6.07) is 10.3. The average Bonchev–Trinajstić information content (AvgIpc) is 3.30. The molecule has 126 valence electrons. The van der Waals surface area contributed by atoms with Gasteiger partial charge >= 0.3 is 6.09 Å². The van der Waals surface area contributed by atoms with E-state index in [1.54, 1.807) is 36.4 Å². The van der Waals surface area contributed by atoms with Gasteiger partial charge in [-0.05, 0) is 43.2 Å². The number of rotatable bonds is 4. The second-order valence-electron chi connectivity index (χ2n) is 5.92. The summed E-state index contributed by atoms with van der Waals surface area (Å²) < 4.78 is 6.94. The molecule has 2 N–H and O–H groups in total. The van der Waals surface area contributed by atoms with Crippen molar-refractivity contribution < 1.29 is 19.4 Å². The molecule has 0 bridgehead atoms. The molecule has 0 atom stereocenters. The van der Waals surface area contributed by atoms with Crippen molar-refractivity contribution in [3.8, 4) is 11.5 Å². The van der Waals surface area contributed by atoms with Gasteiger partial charge in [-0.3, -0.25) is 14.3 Å². The van der Waals surface area contributed by atoms with E-state index >= 15 is 0 Å². The average molecular weight is 337 g/mol. The van der Waals surface area contributed by atoms with Crippen molar-refractivity contribution in [2.75, 3.05) is 0 Å². The molecule has 1 saturated carbocycles. The topological polar surface area (TPSA) is 93.5 Å². The van der Waals surface area contributed by atoms with Gasteiger partial charge in [0.15, 0.2) is 0 Å². The zero-order chi connectivity index (χ0) is 17.4. The third-order valence-electron chi connectivity index (χ3n) is 3.98. The summed E-state index contributed by atoms with van der Waals surface area (Å²) in [7, 11) is 0. The SMILES string of the molecule is O=C(NC1CC1)c1cc(Oc2ccc3c(ccn3C(=O)O)c2)ccn1. The van der Waals surface area contributed by atoms with Crippen molar-refractivity contribution in [2.45, 2.75) is 18.9 Å². The molecule has 1 aliphatic carbocycles. The second kappa shape index (κ2) is 5.94. The highest BCUT2D eigenvalue weighted by Gasteiger charge is 2.24. The summed E-state index contributed by atoms with van der Waals surface area (Å²) >= 11 is 0. The third-order valence-corrected chi connectivity index (χ3v) is 3.98. The van der Waals surface area contributed by atoms with Gasteiger partial charge in [0.05, 0.1) is 5.52 Å². The van der Waals surface area contributed by atoms with Gasteiger partial charge in [0.25, 0.3) is 5.91 Å². The maximum atomic E-state index is 12.1. The highest BCUT2D eigenvalue weighted by Crippen LogP contribution is 2.27. The minimum absolute atomic E-state index is 0.207. The van der Waals surface area contributed by atoms with E-state index in [0.29, 0.717) is 22.7 Å². The molecule has 1 fully saturated rings. The Morgan fingerprint density at radius 3 is 2.72 bits per heavy atom. The number of hydrogen-bond acceptors (Lipinski definition) is 4. The largest absolute Gasteiger partial charge is 0.464 e. The van der Waals surface area contributed by atoms with E-state index in [2.05, 4.69) is 10.3 Å².